The lowest BCUT2D eigenvalue weighted by Crippen LogP contribution is -2.47. The summed E-state index contributed by atoms with van der Waals surface area (Å²) in [6, 6.07) is 12.6. The highest BCUT2D eigenvalue weighted by molar-refractivity contribution is 6.92. The lowest BCUT2D eigenvalue weighted by Gasteiger charge is -2.33. The van der Waals surface area contributed by atoms with Crippen LogP contribution in [0.2, 0.25) is 13.1 Å². The summed E-state index contributed by atoms with van der Waals surface area (Å²) in [6.07, 6.45) is 4.53. The van der Waals surface area contributed by atoms with Gasteiger partial charge in [0.1, 0.15) is 11.5 Å². The van der Waals surface area contributed by atoms with Gasteiger partial charge in [-0.15, -0.1) is 0 Å². The first-order chi connectivity index (χ1) is 11.7. The Morgan fingerprint density at radius 1 is 1.08 bits per heavy atom. The predicted molar refractivity (Wildman–Crippen MR) is 109 cm³/mol. The van der Waals surface area contributed by atoms with Gasteiger partial charge in [0.15, 0.2) is 0 Å². The molecule has 0 bridgehead atoms. The fraction of sp³-hybridized carbons (Fsp3) is 0.364. The van der Waals surface area contributed by atoms with Crippen molar-refractivity contribution in [2.45, 2.75) is 44.8 Å². The van der Waals surface area contributed by atoms with E-state index in [1.807, 2.05) is 12.1 Å². The second-order valence-corrected chi connectivity index (χ2v) is 13.1. The Morgan fingerprint density at radius 2 is 1.76 bits per heavy atom. The van der Waals surface area contributed by atoms with Crippen molar-refractivity contribution < 1.29 is 9.84 Å². The molecule has 0 amide bonds. The maximum absolute atomic E-state index is 11.1. The molecule has 3 rings (SSSR count). The molecule has 0 aliphatic heterocycles. The minimum Gasteiger partial charge on any atom is -0.508 e. The molecule has 0 spiro atoms. The summed E-state index contributed by atoms with van der Waals surface area (Å²) in [5.74, 6) is 1.27. The van der Waals surface area contributed by atoms with Crippen LogP contribution in [0.5, 0.6) is 11.5 Å². The quantitative estimate of drug-likeness (QED) is 0.791. The average Bonchev–Trinajstić information content (AvgIpc) is 2.98. The summed E-state index contributed by atoms with van der Waals surface area (Å²) >= 11 is 0. The Kier molecular flexibility index (Phi) is 4.32. The van der Waals surface area contributed by atoms with Gasteiger partial charge in [-0.1, -0.05) is 70.3 Å². The van der Waals surface area contributed by atoms with Crippen LogP contribution in [0, 0.1) is 0 Å². The number of methoxy groups -OCH3 is 1. The van der Waals surface area contributed by atoms with Crippen LogP contribution >= 0.6 is 0 Å². The van der Waals surface area contributed by atoms with Crippen LogP contribution in [-0.2, 0) is 5.41 Å². The van der Waals surface area contributed by atoms with Crippen molar-refractivity contribution in [2.75, 3.05) is 7.11 Å². The Bertz CT molecular complexity index is 828. The SMILES string of the molecule is COc1cc(C(C)(C)C)c(O)c([Si](C)(C)C2C=Cc3ccccc32)c1. The van der Waals surface area contributed by atoms with Crippen molar-refractivity contribution in [1.82, 2.24) is 0 Å². The molecule has 3 heteroatoms. The van der Waals surface area contributed by atoms with Crippen LogP contribution in [0.15, 0.2) is 42.5 Å². The molecule has 0 saturated heterocycles. The van der Waals surface area contributed by atoms with E-state index in [9.17, 15) is 5.11 Å². The molecule has 0 radical (unpaired) electrons. The highest BCUT2D eigenvalue weighted by atomic mass is 28.3. The standard InChI is InChI=1S/C22H28O2Si/c1-22(2,3)18-13-16(24-4)14-20(21(18)23)25(5,6)19-12-11-15-9-7-8-10-17(15)19/h7-14,19,23H,1-6H3. The smallest absolute Gasteiger partial charge is 0.119 e. The van der Waals surface area contributed by atoms with Crippen molar-refractivity contribution in [2.24, 2.45) is 0 Å². The maximum atomic E-state index is 11.1. The van der Waals surface area contributed by atoms with E-state index in [0.717, 1.165) is 16.5 Å². The summed E-state index contributed by atoms with van der Waals surface area (Å²) in [5, 5.41) is 12.2. The zero-order valence-corrected chi connectivity index (χ0v) is 17.1. The van der Waals surface area contributed by atoms with Crippen molar-refractivity contribution in [3.63, 3.8) is 0 Å². The normalized spacial score (nSPS) is 16.8. The van der Waals surface area contributed by atoms with E-state index in [1.165, 1.54) is 11.1 Å². The van der Waals surface area contributed by atoms with E-state index >= 15 is 0 Å². The zero-order valence-electron chi connectivity index (χ0n) is 16.1. The summed E-state index contributed by atoms with van der Waals surface area (Å²) in [7, 11) is -0.320. The number of hydrogen-bond acceptors (Lipinski definition) is 2. The van der Waals surface area contributed by atoms with Crippen LogP contribution in [0.25, 0.3) is 6.08 Å². The van der Waals surface area contributed by atoms with E-state index in [1.54, 1.807) is 7.11 Å². The van der Waals surface area contributed by atoms with Crippen molar-refractivity contribution in [3.05, 3.63) is 59.2 Å². The number of benzene rings is 2. The van der Waals surface area contributed by atoms with E-state index in [2.05, 4.69) is 70.3 Å². The van der Waals surface area contributed by atoms with Gasteiger partial charge < -0.3 is 9.84 Å². The third-order valence-electron chi connectivity index (χ3n) is 5.40. The van der Waals surface area contributed by atoms with Gasteiger partial charge in [0.05, 0.1) is 15.2 Å². The van der Waals surface area contributed by atoms with Gasteiger partial charge in [0.2, 0.25) is 0 Å². The fourth-order valence-electron chi connectivity index (χ4n) is 3.84. The number of aromatic hydroxyl groups is 1. The molecular weight excluding hydrogens is 324 g/mol. The summed E-state index contributed by atoms with van der Waals surface area (Å²) in [4.78, 5) is 0. The number of hydrogen-bond donors (Lipinski definition) is 1. The van der Waals surface area contributed by atoms with Gasteiger partial charge >= 0.3 is 0 Å². The van der Waals surface area contributed by atoms with Crippen LogP contribution in [-0.4, -0.2) is 20.3 Å². The molecule has 0 saturated carbocycles. The molecule has 2 nitrogen and oxygen atoms in total. The van der Waals surface area contributed by atoms with Crippen LogP contribution in [0.4, 0.5) is 0 Å². The fourth-order valence-corrected chi connectivity index (χ4v) is 7.05. The third kappa shape index (κ3) is 3.02. The molecule has 1 aliphatic carbocycles. The second-order valence-electron chi connectivity index (χ2n) is 8.51. The molecule has 2 aromatic carbocycles. The lowest BCUT2D eigenvalue weighted by atomic mass is 9.86. The van der Waals surface area contributed by atoms with E-state index in [0.29, 0.717) is 11.3 Å². The minimum atomic E-state index is -2.02. The van der Waals surface area contributed by atoms with E-state index in [-0.39, 0.29) is 5.41 Å². The maximum Gasteiger partial charge on any atom is 0.119 e. The average molecular weight is 353 g/mol. The van der Waals surface area contributed by atoms with Crippen LogP contribution in [0.3, 0.4) is 0 Å². The zero-order chi connectivity index (χ0) is 18.4. The monoisotopic (exact) mass is 352 g/mol. The molecule has 0 heterocycles. The molecule has 0 fully saturated rings. The van der Waals surface area contributed by atoms with Crippen molar-refractivity contribution >= 4 is 19.3 Å². The number of rotatable bonds is 3. The van der Waals surface area contributed by atoms with Crippen LogP contribution < -0.4 is 9.92 Å². The minimum absolute atomic E-state index is 0.138. The summed E-state index contributed by atoms with van der Waals surface area (Å²) in [6.45, 7) is 11.1. The Hall–Kier alpha value is -2.00. The first-order valence-electron chi connectivity index (χ1n) is 8.85. The second kappa shape index (κ2) is 6.06. The number of allylic oxidation sites excluding steroid dienone is 1. The number of phenolic OH excluding ortho intramolecular Hbond substituents is 1. The lowest BCUT2D eigenvalue weighted by molar-refractivity contribution is 0.407. The first kappa shape index (κ1) is 17.8. The molecule has 2 aromatic rings. The van der Waals surface area contributed by atoms with Gasteiger partial charge in [0, 0.05) is 11.1 Å². The topological polar surface area (TPSA) is 29.5 Å². The van der Waals surface area contributed by atoms with Crippen molar-refractivity contribution in [3.8, 4) is 11.5 Å². The van der Waals surface area contributed by atoms with Gasteiger partial charge in [-0.05, 0) is 33.9 Å². The van der Waals surface area contributed by atoms with Gasteiger partial charge in [-0.2, -0.15) is 0 Å². The highest BCUT2D eigenvalue weighted by Crippen LogP contribution is 2.40. The predicted octanol–water partition coefficient (Wildman–Crippen LogP) is 4.96. The summed E-state index contributed by atoms with van der Waals surface area (Å²) in [5.41, 5.74) is 3.85. The first-order valence-corrected chi connectivity index (χ1v) is 11.9. The Morgan fingerprint density at radius 3 is 2.40 bits per heavy atom. The molecule has 25 heavy (non-hydrogen) atoms. The van der Waals surface area contributed by atoms with E-state index < -0.39 is 8.07 Å². The largest absolute Gasteiger partial charge is 0.508 e. The molecular formula is C22H28O2Si. The molecule has 132 valence electrons. The highest BCUT2D eigenvalue weighted by Gasteiger charge is 2.39. The molecule has 1 N–H and O–H groups in total. The number of phenols is 1. The third-order valence-corrected chi connectivity index (χ3v) is 9.23. The Labute approximate surface area is 152 Å². The number of ether oxygens (including phenoxy) is 1. The number of fused-ring (bicyclic) bond motifs is 1. The van der Waals surface area contributed by atoms with Gasteiger partial charge in [-0.25, -0.2) is 0 Å². The van der Waals surface area contributed by atoms with Gasteiger partial charge in [0.25, 0.3) is 0 Å². The van der Waals surface area contributed by atoms with Crippen LogP contribution in [0.1, 0.15) is 43.0 Å². The molecule has 0 aromatic heterocycles. The van der Waals surface area contributed by atoms with Gasteiger partial charge in [-0.3, -0.25) is 0 Å². The summed E-state index contributed by atoms with van der Waals surface area (Å²) < 4.78 is 5.57. The van der Waals surface area contributed by atoms with E-state index in [4.69, 9.17) is 4.74 Å². The molecule has 1 aliphatic rings. The molecule has 1 atom stereocenters. The Balaban J connectivity index is 2.17. The van der Waals surface area contributed by atoms with Crippen molar-refractivity contribution in [1.29, 1.82) is 0 Å². The molecule has 1 unspecified atom stereocenters.